The number of amides is 1. The van der Waals surface area contributed by atoms with E-state index in [4.69, 9.17) is 11.6 Å². The first-order valence-electron chi connectivity index (χ1n) is 7.70. The highest BCUT2D eigenvalue weighted by atomic mass is 35.5. The van der Waals surface area contributed by atoms with Crippen LogP contribution in [-0.4, -0.2) is 33.6 Å². The van der Waals surface area contributed by atoms with Crippen LogP contribution in [0.25, 0.3) is 0 Å². The molecular weight excluding hydrogens is 369 g/mol. The molecule has 0 aromatic heterocycles. The molecule has 2 aromatic rings. The molecule has 1 heterocycles. The molecule has 1 amide bonds. The van der Waals surface area contributed by atoms with Crippen molar-refractivity contribution in [1.82, 2.24) is 5.01 Å². The summed E-state index contributed by atoms with van der Waals surface area (Å²) in [4.78, 5) is 12.4. The van der Waals surface area contributed by atoms with Crippen molar-refractivity contribution in [2.24, 2.45) is 5.10 Å². The van der Waals surface area contributed by atoms with Gasteiger partial charge in [0.2, 0.25) is 5.91 Å². The minimum Gasteiger partial charge on any atom is -0.362 e. The molecule has 0 aliphatic carbocycles. The second-order valence-electron chi connectivity index (χ2n) is 5.91. The van der Waals surface area contributed by atoms with Gasteiger partial charge in [-0.3, -0.25) is 4.79 Å². The van der Waals surface area contributed by atoms with Crippen LogP contribution in [0.4, 0.5) is 13.2 Å². The second kappa shape index (κ2) is 6.74. The van der Waals surface area contributed by atoms with Crippen LogP contribution < -0.4 is 0 Å². The molecule has 0 saturated carbocycles. The van der Waals surface area contributed by atoms with Crippen LogP contribution in [0.1, 0.15) is 17.5 Å². The third-order valence-corrected chi connectivity index (χ3v) is 4.30. The van der Waals surface area contributed by atoms with Gasteiger partial charge in [-0.25, -0.2) is 0 Å². The van der Waals surface area contributed by atoms with Gasteiger partial charge in [0.1, 0.15) is 0 Å². The van der Waals surface area contributed by atoms with Crippen LogP contribution in [0.15, 0.2) is 59.7 Å². The van der Waals surface area contributed by atoms with Crippen molar-refractivity contribution in [3.63, 3.8) is 0 Å². The van der Waals surface area contributed by atoms with E-state index in [2.05, 4.69) is 5.10 Å². The van der Waals surface area contributed by atoms with Gasteiger partial charge in [0.25, 0.3) is 5.72 Å². The van der Waals surface area contributed by atoms with Crippen molar-refractivity contribution >= 4 is 23.2 Å². The topological polar surface area (TPSA) is 52.9 Å². The highest BCUT2D eigenvalue weighted by Gasteiger charge is 2.63. The number of alkyl halides is 3. The Balaban J connectivity index is 1.94. The molecule has 0 unspecified atom stereocenters. The Labute approximate surface area is 152 Å². The third kappa shape index (κ3) is 3.45. The average molecular weight is 383 g/mol. The van der Waals surface area contributed by atoms with Crippen molar-refractivity contribution in [1.29, 1.82) is 0 Å². The first-order chi connectivity index (χ1) is 12.2. The summed E-state index contributed by atoms with van der Waals surface area (Å²) in [6.07, 6.45) is -6.22. The van der Waals surface area contributed by atoms with E-state index >= 15 is 0 Å². The SMILES string of the molecule is O=C(Cc1ccccc1)N1N=C(c2ccc(Cl)cc2)C[C@]1(O)C(F)(F)F. The van der Waals surface area contributed by atoms with Crippen LogP contribution in [0.2, 0.25) is 5.02 Å². The fourth-order valence-electron chi connectivity index (χ4n) is 2.68. The Hall–Kier alpha value is -2.38. The largest absolute Gasteiger partial charge is 0.438 e. The molecule has 26 heavy (non-hydrogen) atoms. The maximum absolute atomic E-state index is 13.5. The van der Waals surface area contributed by atoms with Crippen LogP contribution >= 0.6 is 11.6 Å². The molecule has 0 fully saturated rings. The van der Waals surface area contributed by atoms with E-state index in [9.17, 15) is 23.1 Å². The predicted octanol–water partition coefficient (Wildman–Crippen LogP) is 3.77. The number of aliphatic hydroxyl groups is 1. The lowest BCUT2D eigenvalue weighted by atomic mass is 10.0. The van der Waals surface area contributed by atoms with E-state index in [-0.39, 0.29) is 17.1 Å². The Morgan fingerprint density at radius 2 is 1.77 bits per heavy atom. The predicted molar refractivity (Wildman–Crippen MR) is 90.6 cm³/mol. The van der Waals surface area contributed by atoms with E-state index in [0.29, 0.717) is 16.1 Å². The highest BCUT2D eigenvalue weighted by molar-refractivity contribution is 6.30. The molecule has 0 radical (unpaired) electrons. The van der Waals surface area contributed by atoms with Gasteiger partial charge in [0.15, 0.2) is 0 Å². The number of carbonyl (C=O) groups excluding carboxylic acids is 1. The smallest absolute Gasteiger partial charge is 0.362 e. The number of nitrogens with zero attached hydrogens (tertiary/aromatic N) is 2. The molecule has 4 nitrogen and oxygen atoms in total. The minimum atomic E-state index is -5.06. The van der Waals surface area contributed by atoms with Gasteiger partial charge in [-0.05, 0) is 23.3 Å². The quantitative estimate of drug-likeness (QED) is 0.878. The zero-order valence-corrected chi connectivity index (χ0v) is 14.1. The van der Waals surface area contributed by atoms with Gasteiger partial charge in [0, 0.05) is 5.02 Å². The molecule has 0 bridgehead atoms. The van der Waals surface area contributed by atoms with Crippen molar-refractivity contribution in [2.75, 3.05) is 0 Å². The Bertz CT molecular complexity index is 838. The first-order valence-corrected chi connectivity index (χ1v) is 8.08. The van der Waals surface area contributed by atoms with Gasteiger partial charge in [-0.2, -0.15) is 23.3 Å². The molecule has 8 heteroatoms. The highest BCUT2D eigenvalue weighted by Crippen LogP contribution is 2.41. The number of hydrazone groups is 1. The summed E-state index contributed by atoms with van der Waals surface area (Å²) in [5.41, 5.74) is -2.54. The fraction of sp³-hybridized carbons (Fsp3) is 0.222. The summed E-state index contributed by atoms with van der Waals surface area (Å²) >= 11 is 5.78. The lowest BCUT2D eigenvalue weighted by Gasteiger charge is -2.32. The first kappa shape index (κ1) is 18.4. The lowest BCUT2D eigenvalue weighted by Crippen LogP contribution is -2.57. The molecule has 1 N–H and O–H groups in total. The van der Waals surface area contributed by atoms with Gasteiger partial charge < -0.3 is 5.11 Å². The monoisotopic (exact) mass is 382 g/mol. The van der Waals surface area contributed by atoms with Gasteiger partial charge in [-0.15, -0.1) is 0 Å². The molecule has 1 aliphatic heterocycles. The Morgan fingerprint density at radius 1 is 1.15 bits per heavy atom. The maximum atomic E-state index is 13.5. The standard InChI is InChI=1S/C18H14ClF3N2O2/c19-14-8-6-13(7-9-14)15-11-17(26,18(20,21)22)24(23-15)16(25)10-12-4-2-1-3-5-12/h1-9,26H,10-11H2/t17-/m0/s1. The molecular formula is C18H14ClF3N2O2. The Morgan fingerprint density at radius 3 is 2.35 bits per heavy atom. The summed E-state index contributed by atoms with van der Waals surface area (Å²) in [5.74, 6) is -0.944. The minimum absolute atomic E-state index is 0.0390. The van der Waals surface area contributed by atoms with Crippen LogP contribution in [0, 0.1) is 0 Å². The van der Waals surface area contributed by atoms with E-state index < -0.39 is 24.2 Å². The molecule has 1 aliphatic rings. The number of benzene rings is 2. The van der Waals surface area contributed by atoms with Gasteiger partial charge in [0.05, 0.1) is 18.6 Å². The zero-order valence-electron chi connectivity index (χ0n) is 13.4. The third-order valence-electron chi connectivity index (χ3n) is 4.05. The summed E-state index contributed by atoms with van der Waals surface area (Å²) in [6.45, 7) is 0. The second-order valence-corrected chi connectivity index (χ2v) is 6.35. The molecule has 0 spiro atoms. The lowest BCUT2D eigenvalue weighted by molar-refractivity contribution is -0.302. The van der Waals surface area contributed by atoms with Crippen LogP contribution in [0.3, 0.4) is 0 Å². The van der Waals surface area contributed by atoms with Crippen molar-refractivity contribution in [2.45, 2.75) is 24.7 Å². The summed E-state index contributed by atoms with van der Waals surface area (Å²) in [6, 6.07) is 14.3. The van der Waals surface area contributed by atoms with E-state index in [0.717, 1.165) is 0 Å². The number of hydrogen-bond acceptors (Lipinski definition) is 3. The average Bonchev–Trinajstić information content (AvgIpc) is 2.95. The van der Waals surface area contributed by atoms with Crippen molar-refractivity contribution in [3.8, 4) is 0 Å². The number of rotatable bonds is 3. The van der Waals surface area contributed by atoms with Gasteiger partial charge >= 0.3 is 6.18 Å². The number of hydrogen-bond donors (Lipinski definition) is 1. The number of carbonyl (C=O) groups is 1. The summed E-state index contributed by atoms with van der Waals surface area (Å²) in [5, 5.41) is 14.6. The van der Waals surface area contributed by atoms with E-state index in [1.54, 1.807) is 30.3 Å². The molecule has 0 saturated heterocycles. The fourth-order valence-corrected chi connectivity index (χ4v) is 2.80. The van der Waals surface area contributed by atoms with Crippen LogP contribution in [0.5, 0.6) is 0 Å². The molecule has 2 aromatic carbocycles. The molecule has 1 atom stereocenters. The molecule has 3 rings (SSSR count). The Kier molecular flexibility index (Phi) is 4.77. The van der Waals surface area contributed by atoms with Crippen molar-refractivity contribution in [3.05, 3.63) is 70.7 Å². The van der Waals surface area contributed by atoms with Gasteiger partial charge in [-0.1, -0.05) is 54.1 Å². The normalized spacial score (nSPS) is 20.2. The molecule has 136 valence electrons. The van der Waals surface area contributed by atoms with Crippen LogP contribution in [-0.2, 0) is 11.2 Å². The number of halogens is 4. The van der Waals surface area contributed by atoms with Crippen molar-refractivity contribution < 1.29 is 23.1 Å². The van der Waals surface area contributed by atoms with E-state index in [1.807, 2.05) is 0 Å². The zero-order chi connectivity index (χ0) is 18.9. The summed E-state index contributed by atoms with van der Waals surface area (Å²) in [7, 11) is 0. The maximum Gasteiger partial charge on any atom is 0.438 e. The van der Waals surface area contributed by atoms with E-state index in [1.165, 1.54) is 24.3 Å². The summed E-state index contributed by atoms with van der Waals surface area (Å²) < 4.78 is 40.5.